The molecule has 166 valence electrons. The van der Waals surface area contributed by atoms with Crippen LogP contribution in [0, 0.1) is 20.8 Å². The molecule has 32 heavy (non-hydrogen) atoms. The molecule has 0 bridgehead atoms. The first-order valence-electron chi connectivity index (χ1n) is 10.6. The van der Waals surface area contributed by atoms with Crippen molar-refractivity contribution in [2.45, 2.75) is 46.1 Å². The second-order valence-corrected chi connectivity index (χ2v) is 8.51. The molecule has 0 saturated carbocycles. The number of benzene rings is 3. The van der Waals surface area contributed by atoms with E-state index in [9.17, 15) is 9.90 Å². The number of hydrogen-bond donors (Lipinski definition) is 3. The molecule has 1 amide bonds. The van der Waals surface area contributed by atoms with Crippen LogP contribution >= 0.6 is 0 Å². The predicted octanol–water partition coefficient (Wildman–Crippen LogP) is 5.41. The Hall–Kier alpha value is -3.67. The van der Waals surface area contributed by atoms with Crippen molar-refractivity contribution in [3.8, 4) is 23.0 Å². The molecule has 4 N–H and O–H groups in total. The van der Waals surface area contributed by atoms with E-state index in [1.165, 1.54) is 0 Å². The molecule has 1 heterocycles. The van der Waals surface area contributed by atoms with Crippen LogP contribution in [0.4, 0.5) is 11.4 Å². The van der Waals surface area contributed by atoms with Crippen LogP contribution in [0.25, 0.3) is 0 Å². The lowest BCUT2D eigenvalue weighted by atomic mass is 9.86. The Balaban J connectivity index is 1.48. The smallest absolute Gasteiger partial charge is 0.268 e. The quantitative estimate of drug-likeness (QED) is 0.479. The van der Waals surface area contributed by atoms with Crippen molar-refractivity contribution in [2.24, 2.45) is 0 Å². The van der Waals surface area contributed by atoms with Crippen LogP contribution in [-0.4, -0.2) is 16.6 Å². The zero-order valence-corrected chi connectivity index (χ0v) is 18.8. The number of anilines is 2. The third kappa shape index (κ3) is 3.96. The number of nitrogens with two attached hydrogens (primary N) is 1. The number of fused-ring (bicyclic) bond motifs is 1. The van der Waals surface area contributed by atoms with E-state index >= 15 is 0 Å². The fraction of sp³-hybridized carbons (Fsp3) is 0.269. The van der Waals surface area contributed by atoms with Gasteiger partial charge in [0.15, 0.2) is 5.60 Å². The van der Waals surface area contributed by atoms with Crippen molar-refractivity contribution in [1.82, 2.24) is 0 Å². The summed E-state index contributed by atoms with van der Waals surface area (Å²) in [6.45, 7) is 7.47. The number of nitrogen functional groups attached to an aromatic ring is 1. The van der Waals surface area contributed by atoms with E-state index in [-0.39, 0.29) is 5.91 Å². The van der Waals surface area contributed by atoms with E-state index < -0.39 is 5.60 Å². The maximum atomic E-state index is 13.1. The number of nitrogens with one attached hydrogen (secondary N) is 1. The molecule has 3 aromatic carbocycles. The zero-order chi connectivity index (χ0) is 23.0. The lowest BCUT2D eigenvalue weighted by Crippen LogP contribution is -2.48. The fourth-order valence-corrected chi connectivity index (χ4v) is 3.95. The molecule has 3 aromatic rings. The Morgan fingerprint density at radius 2 is 1.59 bits per heavy atom. The summed E-state index contributed by atoms with van der Waals surface area (Å²) in [5, 5.41) is 13.3. The van der Waals surface area contributed by atoms with Crippen molar-refractivity contribution < 1.29 is 19.4 Å². The van der Waals surface area contributed by atoms with Crippen LogP contribution in [0.2, 0.25) is 0 Å². The lowest BCUT2D eigenvalue weighted by molar-refractivity contribution is -0.131. The fourth-order valence-electron chi connectivity index (χ4n) is 3.95. The lowest BCUT2D eigenvalue weighted by Gasteiger charge is -2.36. The molecular formula is C26H28N2O4. The Bertz CT molecular complexity index is 1170. The molecule has 0 aliphatic carbocycles. The van der Waals surface area contributed by atoms with Gasteiger partial charge < -0.3 is 25.6 Å². The van der Waals surface area contributed by atoms with Crippen LogP contribution in [0.1, 0.15) is 35.6 Å². The molecule has 1 aliphatic heterocycles. The van der Waals surface area contributed by atoms with Gasteiger partial charge >= 0.3 is 0 Å². The highest BCUT2D eigenvalue weighted by Gasteiger charge is 2.40. The summed E-state index contributed by atoms with van der Waals surface area (Å²) in [4.78, 5) is 13.1. The van der Waals surface area contributed by atoms with Crippen molar-refractivity contribution in [3.63, 3.8) is 0 Å². The average molecular weight is 433 g/mol. The van der Waals surface area contributed by atoms with Gasteiger partial charge in [-0.25, -0.2) is 0 Å². The molecule has 1 unspecified atom stereocenters. The van der Waals surface area contributed by atoms with Crippen molar-refractivity contribution >= 4 is 17.3 Å². The second-order valence-electron chi connectivity index (χ2n) is 8.51. The first-order valence-corrected chi connectivity index (χ1v) is 10.6. The third-order valence-corrected chi connectivity index (χ3v) is 6.23. The molecule has 0 radical (unpaired) electrons. The molecule has 0 saturated heterocycles. The minimum atomic E-state index is -1.01. The van der Waals surface area contributed by atoms with Gasteiger partial charge in [0.2, 0.25) is 0 Å². The average Bonchev–Trinajstić information content (AvgIpc) is 2.79. The Morgan fingerprint density at radius 3 is 2.22 bits per heavy atom. The molecule has 1 atom stereocenters. The van der Waals surface area contributed by atoms with E-state index in [4.69, 9.17) is 15.2 Å². The van der Waals surface area contributed by atoms with Gasteiger partial charge in [-0.05, 0) is 99.3 Å². The topological polar surface area (TPSA) is 93.8 Å². The largest absolute Gasteiger partial charge is 0.507 e. The highest BCUT2D eigenvalue weighted by atomic mass is 16.5. The van der Waals surface area contributed by atoms with E-state index in [2.05, 4.69) is 5.32 Å². The molecule has 6 nitrogen and oxygen atoms in total. The van der Waals surface area contributed by atoms with Crippen molar-refractivity contribution in [1.29, 1.82) is 0 Å². The van der Waals surface area contributed by atoms with Crippen molar-refractivity contribution in [2.75, 3.05) is 11.1 Å². The van der Waals surface area contributed by atoms with Gasteiger partial charge in [0.1, 0.15) is 23.0 Å². The van der Waals surface area contributed by atoms with E-state index in [1.54, 1.807) is 55.5 Å². The Morgan fingerprint density at radius 1 is 1.00 bits per heavy atom. The van der Waals surface area contributed by atoms with E-state index in [0.717, 1.165) is 22.3 Å². The minimum Gasteiger partial charge on any atom is -0.507 e. The molecule has 0 fully saturated rings. The highest BCUT2D eigenvalue weighted by Crippen LogP contribution is 2.43. The number of aromatic hydroxyl groups is 1. The van der Waals surface area contributed by atoms with Gasteiger partial charge in [0.25, 0.3) is 5.91 Å². The zero-order valence-electron chi connectivity index (χ0n) is 18.8. The summed E-state index contributed by atoms with van der Waals surface area (Å²) in [6.07, 6.45) is 1.18. The Labute approximate surface area is 188 Å². The molecular weight excluding hydrogens is 404 g/mol. The summed E-state index contributed by atoms with van der Waals surface area (Å²) in [5.74, 6) is 2.14. The van der Waals surface area contributed by atoms with Gasteiger partial charge in [-0.3, -0.25) is 4.79 Å². The number of rotatable bonds is 4. The monoisotopic (exact) mass is 432 g/mol. The first-order chi connectivity index (χ1) is 15.2. The number of carbonyl (C=O) groups is 1. The third-order valence-electron chi connectivity index (χ3n) is 6.23. The summed E-state index contributed by atoms with van der Waals surface area (Å²) in [5.41, 5.74) is 9.46. The SMILES string of the molecule is Cc1c(C)c2c(c(C)c1O)CCC(C)(C(=O)Nc1ccc(Oc3ccc(N)cc3)cc1)O2. The standard InChI is InChI=1S/C26H28N2O4/c1-15-16(2)24-22(17(3)23(15)29)13-14-26(4,32-24)25(30)28-19-7-11-21(12-8-19)31-20-9-5-18(27)6-10-20/h5-12,29H,13-14,27H2,1-4H3,(H,28,30). The van der Waals surface area contributed by atoms with Crippen molar-refractivity contribution in [3.05, 3.63) is 70.8 Å². The summed E-state index contributed by atoms with van der Waals surface area (Å²) in [6, 6.07) is 14.3. The van der Waals surface area contributed by atoms with Gasteiger partial charge in [-0.1, -0.05) is 0 Å². The molecule has 4 rings (SSSR count). The normalized spacial score (nSPS) is 17.2. The van der Waals surface area contributed by atoms with Crippen LogP contribution in [0.5, 0.6) is 23.0 Å². The maximum Gasteiger partial charge on any atom is 0.268 e. The van der Waals surface area contributed by atoms with E-state index in [1.807, 2.05) is 20.8 Å². The van der Waals surface area contributed by atoms with Crippen LogP contribution in [-0.2, 0) is 11.2 Å². The maximum absolute atomic E-state index is 13.1. The number of phenolic OH excluding ortho intramolecular Hbond substituents is 1. The number of hydrogen-bond acceptors (Lipinski definition) is 5. The molecule has 0 aromatic heterocycles. The highest BCUT2D eigenvalue weighted by molar-refractivity contribution is 5.97. The number of amides is 1. The minimum absolute atomic E-state index is 0.210. The van der Waals surface area contributed by atoms with Crippen LogP contribution < -0.4 is 20.5 Å². The van der Waals surface area contributed by atoms with Gasteiger partial charge in [0, 0.05) is 23.4 Å². The van der Waals surface area contributed by atoms with Crippen LogP contribution in [0.15, 0.2) is 48.5 Å². The summed E-state index contributed by atoms with van der Waals surface area (Å²) in [7, 11) is 0. The number of ether oxygens (including phenoxy) is 2. The van der Waals surface area contributed by atoms with Crippen LogP contribution in [0.3, 0.4) is 0 Å². The molecule has 6 heteroatoms. The number of phenols is 1. The second kappa shape index (κ2) is 8.11. The first kappa shape index (κ1) is 21.6. The molecule has 1 aliphatic rings. The van der Waals surface area contributed by atoms with Gasteiger partial charge in [-0.15, -0.1) is 0 Å². The number of carbonyl (C=O) groups excluding carboxylic acids is 1. The molecule has 0 spiro atoms. The van der Waals surface area contributed by atoms with E-state index in [0.29, 0.717) is 47.2 Å². The summed E-state index contributed by atoms with van der Waals surface area (Å²) >= 11 is 0. The van der Waals surface area contributed by atoms with Gasteiger partial charge in [-0.2, -0.15) is 0 Å². The predicted molar refractivity (Wildman–Crippen MR) is 126 cm³/mol. The summed E-state index contributed by atoms with van der Waals surface area (Å²) < 4.78 is 12.1. The Kier molecular flexibility index (Phi) is 5.46. The van der Waals surface area contributed by atoms with Gasteiger partial charge in [0.05, 0.1) is 0 Å².